The number of rotatable bonds is 0. The van der Waals surface area contributed by atoms with Crippen LogP contribution in [-0.2, 0) is 2810 Å². The first kappa shape index (κ1) is 650. The van der Waals surface area contributed by atoms with E-state index in [0.717, 1.165) is 0 Å². The van der Waals surface area contributed by atoms with Crippen LogP contribution in [0.3, 0.4) is 0 Å². The van der Waals surface area contributed by atoms with Crippen LogP contribution in [0.5, 0.6) is 0 Å². The minimum Gasteiger partial charge on any atom is 0 e. The number of hydrogen-bond donors (Lipinski definition) is 0. The fourth-order valence-electron chi connectivity index (χ4n) is 0. The summed E-state index contributed by atoms with van der Waals surface area (Å²) in [6.45, 7) is 0. The second-order valence-electron chi connectivity index (χ2n) is 0. The van der Waals surface area contributed by atoms with Crippen LogP contribution in [0.25, 0.3) is 0 Å². The Balaban J connectivity index is 0. The Hall–Kier alpha value is 94.9. The fraction of sp³-hybridized carbons (Fsp3) is 0. The Kier molecular flexibility index (Phi) is 4830. The number of hydrogen-bond acceptors (Lipinski definition) is 0. The molecule has 0 aromatic carbocycles. The van der Waals surface area contributed by atoms with E-state index in [9.17, 15) is 0 Å². The van der Waals surface area contributed by atoms with Gasteiger partial charge < -0.3 is 0 Å². The molecule has 86 radical (unpaired) electrons. The molecular formula is Y86. The van der Waals surface area contributed by atoms with Gasteiger partial charge in [0.25, 0.3) is 0 Å². The van der Waals surface area contributed by atoms with Gasteiger partial charge in [-0.1, -0.05) is 0 Å². The molecule has 0 unspecified atom stereocenters. The van der Waals surface area contributed by atoms with Crippen molar-refractivity contribution in [3.8, 4) is 0 Å². The van der Waals surface area contributed by atoms with E-state index in [1.165, 1.54) is 0 Å². The molecule has 0 rings (SSSR count). The van der Waals surface area contributed by atoms with Crippen LogP contribution in [0.2, 0.25) is 0 Å². The molecule has 0 aliphatic carbocycles. The monoisotopic (exact) mass is 7650 g/mol. The van der Waals surface area contributed by atoms with Crippen molar-refractivity contribution in [2.45, 2.75) is 0 Å². The van der Waals surface area contributed by atoms with E-state index in [1.807, 2.05) is 0 Å². The van der Waals surface area contributed by atoms with Crippen molar-refractivity contribution in [3.05, 3.63) is 0 Å². The molecule has 0 amide bonds. The molecule has 0 fully saturated rings. The zero-order valence-corrected chi connectivity index (χ0v) is 294. The molecule has 0 saturated carbocycles. The van der Waals surface area contributed by atoms with E-state index >= 15 is 0 Å². The Labute approximate surface area is 2700 Å². The first-order valence-corrected chi connectivity index (χ1v) is 0. The molecule has 0 saturated heterocycles. The van der Waals surface area contributed by atoms with Crippen LogP contribution < -0.4 is 0 Å². The Bertz CT molecular complexity index is 0. The van der Waals surface area contributed by atoms with E-state index in [4.69, 9.17) is 0 Å². The van der Waals surface area contributed by atoms with Crippen molar-refractivity contribution in [1.82, 2.24) is 0 Å². The topological polar surface area (TPSA) is 0 Å². The maximum absolute atomic E-state index is 0. The van der Waals surface area contributed by atoms with Gasteiger partial charge in [-0.15, -0.1) is 0 Å². The average Bonchev–Trinajstić information content (AvgIpc) is 0. The minimum absolute atomic E-state index is 0. The third-order valence-electron chi connectivity index (χ3n) is 0. The van der Waals surface area contributed by atoms with Gasteiger partial charge in [-0.25, -0.2) is 0 Å². The van der Waals surface area contributed by atoms with Crippen LogP contribution in [0.4, 0.5) is 0 Å². The minimum atomic E-state index is 0. The third kappa shape index (κ3) is 629. The zero-order chi connectivity index (χ0) is 0. The normalized spacial score (nSPS) is 0. The SMILES string of the molecule is [Y].[Y].[Y].[Y].[Y].[Y].[Y].[Y].[Y].[Y].[Y].[Y].[Y].[Y].[Y].[Y].[Y].[Y].[Y].[Y].[Y].[Y].[Y].[Y].[Y].[Y].[Y].[Y].[Y].[Y].[Y].[Y].[Y].[Y].[Y].[Y].[Y].[Y].[Y].[Y].[Y].[Y].[Y].[Y].[Y].[Y].[Y].[Y].[Y].[Y].[Y].[Y].[Y].[Y].[Y].[Y].[Y].[Y].[Y].[Y].[Y].[Y].[Y].[Y].[Y].[Y].[Y].[Y].[Y].[Y].[Y].[Y].[Y].[Y].[Y].[Y].[Y].[Y].[Y].[Y].[Y].[Y].[Y].[Y].[Y].[Y]. The maximum Gasteiger partial charge on any atom is 0 e. The summed E-state index contributed by atoms with van der Waals surface area (Å²) in [4.78, 5) is 0. The van der Waals surface area contributed by atoms with Gasteiger partial charge in [0.2, 0.25) is 0 Å². The van der Waals surface area contributed by atoms with Gasteiger partial charge in [0, 0.05) is 2810 Å². The summed E-state index contributed by atoms with van der Waals surface area (Å²) in [6, 6.07) is 0. The van der Waals surface area contributed by atoms with Gasteiger partial charge in [-0.2, -0.15) is 0 Å². The van der Waals surface area contributed by atoms with Gasteiger partial charge in [0.05, 0.1) is 0 Å². The molecule has 86 heavy (non-hydrogen) atoms. The van der Waals surface area contributed by atoms with Crippen LogP contribution in [0.1, 0.15) is 0 Å². The van der Waals surface area contributed by atoms with E-state index in [2.05, 4.69) is 0 Å². The molecule has 0 aliphatic rings. The molecule has 0 atom stereocenters. The first-order chi connectivity index (χ1) is 0. The summed E-state index contributed by atoms with van der Waals surface area (Å²) >= 11 is 0. The molecule has 0 aliphatic heterocycles. The molecule has 0 nitrogen and oxygen atoms in total. The molecule has 0 aromatic heterocycles. The molecule has 0 bridgehead atoms. The van der Waals surface area contributed by atoms with Crippen molar-refractivity contribution < 1.29 is 2810 Å². The summed E-state index contributed by atoms with van der Waals surface area (Å²) in [7, 11) is 0. The average molecular weight is 7650 g/mol. The predicted molar refractivity (Wildman–Crippen MR) is 0 cm³/mol. The third-order valence-corrected chi connectivity index (χ3v) is 0. The Morgan fingerprint density at radius 2 is 0.0116 bits per heavy atom. The summed E-state index contributed by atoms with van der Waals surface area (Å²) in [6.07, 6.45) is 0. The maximum atomic E-state index is 0. The quantitative estimate of drug-likeness (QED) is 0.316. The molecule has 0 spiro atoms. The van der Waals surface area contributed by atoms with Gasteiger partial charge in [0.15, 0.2) is 0 Å². The van der Waals surface area contributed by atoms with Crippen molar-refractivity contribution in [2.75, 3.05) is 0 Å². The molecule has 0 heterocycles. The van der Waals surface area contributed by atoms with Crippen LogP contribution in [0.15, 0.2) is 0 Å². The summed E-state index contributed by atoms with van der Waals surface area (Å²) < 4.78 is 0. The second-order valence-corrected chi connectivity index (χ2v) is 0. The van der Waals surface area contributed by atoms with E-state index in [1.54, 1.807) is 0 Å². The van der Waals surface area contributed by atoms with Gasteiger partial charge >= 0.3 is 0 Å². The van der Waals surface area contributed by atoms with Crippen LogP contribution >= 0.6 is 0 Å². The van der Waals surface area contributed by atoms with Gasteiger partial charge in [-0.05, 0) is 0 Å². The molecule has 0 N–H and O–H groups in total. The van der Waals surface area contributed by atoms with Crippen molar-refractivity contribution >= 4 is 0 Å². The Morgan fingerprint density at radius 1 is 0.0116 bits per heavy atom. The van der Waals surface area contributed by atoms with Crippen molar-refractivity contribution in [1.29, 1.82) is 0 Å². The van der Waals surface area contributed by atoms with Gasteiger partial charge in [-0.3, -0.25) is 0 Å². The predicted octanol–water partition coefficient (Wildman–Crippen LogP) is -0.215. The Morgan fingerprint density at radius 3 is 0.0116 bits per heavy atom. The first-order valence-electron chi connectivity index (χ1n) is 0. The van der Waals surface area contributed by atoms with E-state index < -0.39 is 0 Å². The van der Waals surface area contributed by atoms with E-state index in [0.29, 0.717) is 0 Å². The molecule has 258 valence electrons. The summed E-state index contributed by atoms with van der Waals surface area (Å²) in [5.74, 6) is 0. The fourth-order valence-corrected chi connectivity index (χ4v) is 0. The van der Waals surface area contributed by atoms with E-state index in [-0.39, 0.29) is 2810 Å². The van der Waals surface area contributed by atoms with Crippen molar-refractivity contribution in [2.24, 2.45) is 0 Å². The second kappa shape index (κ2) is 639. The summed E-state index contributed by atoms with van der Waals surface area (Å²) in [5.41, 5.74) is 0. The largest absolute Gasteiger partial charge is 0 e. The smallest absolute Gasteiger partial charge is 0 e. The molecule has 86 heteroatoms. The van der Waals surface area contributed by atoms with Crippen LogP contribution in [0, 0.1) is 0 Å². The molecular weight excluding hydrogens is 7650 g/mol. The zero-order valence-electron chi connectivity index (χ0n) is 49.7. The van der Waals surface area contributed by atoms with Crippen molar-refractivity contribution in [3.63, 3.8) is 0 Å². The molecule has 0 aromatic rings. The summed E-state index contributed by atoms with van der Waals surface area (Å²) in [5, 5.41) is 0. The van der Waals surface area contributed by atoms with Gasteiger partial charge in [0.1, 0.15) is 0 Å². The standard InChI is InChI=1S/86Y. The van der Waals surface area contributed by atoms with Crippen LogP contribution in [-0.4, -0.2) is 0 Å².